The molecule has 36 heavy (non-hydrogen) atoms. The molecule has 1 heterocycles. The Labute approximate surface area is 213 Å². The Bertz CT molecular complexity index is 1420. The number of hydrogen-bond acceptors (Lipinski definition) is 5. The lowest BCUT2D eigenvalue weighted by Crippen LogP contribution is -2.20. The van der Waals surface area contributed by atoms with Gasteiger partial charge >= 0.3 is 5.97 Å². The largest absolute Gasteiger partial charge is 0.755 e. The van der Waals surface area contributed by atoms with E-state index in [0.29, 0.717) is 39.3 Å². The lowest BCUT2D eigenvalue weighted by atomic mass is 9.87. The predicted octanol–water partition coefficient (Wildman–Crippen LogP) is 6.25. The maximum atomic E-state index is 12.8. The van der Waals surface area contributed by atoms with Crippen LogP contribution in [0.25, 0.3) is 22.0 Å². The molecule has 0 aliphatic rings. The number of aromatic amines is 1. The monoisotopic (exact) mass is 505 g/mol. The Morgan fingerprint density at radius 1 is 1.03 bits per heavy atom. The van der Waals surface area contributed by atoms with E-state index in [1.165, 1.54) is 4.31 Å². The van der Waals surface area contributed by atoms with Gasteiger partial charge in [0.2, 0.25) is 0 Å². The van der Waals surface area contributed by atoms with Crippen molar-refractivity contribution in [3.63, 3.8) is 0 Å². The van der Waals surface area contributed by atoms with Crippen LogP contribution in [0.1, 0.15) is 43.7 Å². The number of rotatable bonds is 7. The van der Waals surface area contributed by atoms with Crippen LogP contribution in [0.5, 0.6) is 5.75 Å². The Morgan fingerprint density at radius 2 is 1.72 bits per heavy atom. The van der Waals surface area contributed by atoms with E-state index >= 15 is 0 Å². The molecule has 0 spiro atoms. The van der Waals surface area contributed by atoms with Gasteiger partial charge in [-0.15, -0.1) is 0 Å². The molecule has 1 N–H and O–H groups in total. The number of esters is 1. The average molecular weight is 506 g/mol. The first-order chi connectivity index (χ1) is 17.1. The number of methoxy groups -OCH3 is 1. The maximum Gasteiger partial charge on any atom is 0.355 e. The van der Waals surface area contributed by atoms with Crippen molar-refractivity contribution in [3.8, 4) is 16.9 Å². The Kier molecular flexibility index (Phi) is 7.19. The van der Waals surface area contributed by atoms with Crippen molar-refractivity contribution in [3.05, 3.63) is 78.0 Å². The second-order valence-electron chi connectivity index (χ2n) is 9.37. The molecule has 1 aromatic heterocycles. The minimum atomic E-state index is -2.58. The van der Waals surface area contributed by atoms with Crippen LogP contribution in [0.4, 0.5) is 11.4 Å². The quantitative estimate of drug-likeness (QED) is 0.237. The molecule has 0 fully saturated rings. The number of nitrogens with zero attached hydrogens (tertiary/aromatic N) is 1. The highest BCUT2D eigenvalue weighted by Crippen LogP contribution is 2.38. The molecule has 0 radical (unpaired) electrons. The summed E-state index contributed by atoms with van der Waals surface area (Å²) in [4.78, 5) is 16.0. The molecule has 0 aliphatic carbocycles. The van der Waals surface area contributed by atoms with Gasteiger partial charge in [0, 0.05) is 16.5 Å². The molecular weight excluding hydrogens is 476 g/mol. The van der Waals surface area contributed by atoms with Gasteiger partial charge < -0.3 is 19.0 Å². The summed E-state index contributed by atoms with van der Waals surface area (Å²) >= 11 is -2.58. The van der Waals surface area contributed by atoms with Crippen molar-refractivity contribution in [2.45, 2.75) is 33.1 Å². The highest BCUT2D eigenvalue weighted by molar-refractivity contribution is 7.81. The normalized spacial score (nSPS) is 12.4. The molecule has 1 unspecified atom stereocenters. The van der Waals surface area contributed by atoms with Crippen LogP contribution in [-0.2, 0) is 21.4 Å². The first-order valence-electron chi connectivity index (χ1n) is 11.6. The highest BCUT2D eigenvalue weighted by atomic mass is 32.2. The number of hydrogen-bond donors (Lipinski definition) is 1. The predicted molar refractivity (Wildman–Crippen MR) is 142 cm³/mol. The molecule has 0 bridgehead atoms. The molecular formula is C28H29N2O5S-. The third-order valence-electron chi connectivity index (χ3n) is 5.97. The number of fused-ring (bicyclic) bond motifs is 1. The molecule has 3 aromatic carbocycles. The van der Waals surface area contributed by atoms with Crippen LogP contribution in [0.3, 0.4) is 0 Å². The SMILES string of the molecule is CCOC(=O)c1[nH]c2ccc(N(c3ccc(C(C)(C)C)cc3)S(=O)[O-])cc2c1-c1cccc(OC)c1. The number of nitrogens with one attached hydrogen (secondary N) is 1. The van der Waals surface area contributed by atoms with Gasteiger partial charge in [-0.1, -0.05) is 45.0 Å². The van der Waals surface area contributed by atoms with Crippen molar-refractivity contribution in [2.75, 3.05) is 18.0 Å². The maximum absolute atomic E-state index is 12.8. The first-order valence-corrected chi connectivity index (χ1v) is 12.6. The lowest BCUT2D eigenvalue weighted by molar-refractivity contribution is 0.0521. The minimum absolute atomic E-state index is 0.0564. The van der Waals surface area contributed by atoms with E-state index < -0.39 is 17.2 Å². The van der Waals surface area contributed by atoms with Gasteiger partial charge in [0.15, 0.2) is 0 Å². The summed E-state index contributed by atoms with van der Waals surface area (Å²) < 4.78 is 36.7. The number of benzene rings is 3. The van der Waals surface area contributed by atoms with Crippen molar-refractivity contribution < 1.29 is 23.0 Å². The van der Waals surface area contributed by atoms with Crippen molar-refractivity contribution in [1.82, 2.24) is 4.98 Å². The summed E-state index contributed by atoms with van der Waals surface area (Å²) in [7, 11) is 1.57. The van der Waals surface area contributed by atoms with E-state index in [4.69, 9.17) is 9.47 Å². The van der Waals surface area contributed by atoms with E-state index in [1.54, 1.807) is 44.4 Å². The van der Waals surface area contributed by atoms with Gasteiger partial charge in [-0.25, -0.2) is 4.79 Å². The van der Waals surface area contributed by atoms with E-state index in [-0.39, 0.29) is 12.0 Å². The van der Waals surface area contributed by atoms with Crippen LogP contribution in [0, 0.1) is 0 Å². The van der Waals surface area contributed by atoms with Crippen LogP contribution < -0.4 is 9.04 Å². The number of H-pyrrole nitrogens is 1. The standard InChI is InChI=1S/C28H30N2O5S/c1-6-35-27(31)26-25(18-8-7-9-22(16-18)34-5)23-17-21(14-15-24(23)29-26)30(36(32)33)20-12-10-19(11-13-20)28(2,3)4/h7-17,29H,6H2,1-5H3,(H,32,33)/p-1. The highest BCUT2D eigenvalue weighted by Gasteiger charge is 2.22. The smallest absolute Gasteiger partial charge is 0.355 e. The van der Waals surface area contributed by atoms with Crippen molar-refractivity contribution >= 4 is 39.5 Å². The van der Waals surface area contributed by atoms with Gasteiger partial charge in [0.05, 0.1) is 36.4 Å². The Balaban J connectivity index is 1.89. The molecule has 188 valence electrons. The van der Waals surface area contributed by atoms with Crippen molar-refractivity contribution in [2.24, 2.45) is 0 Å². The molecule has 4 rings (SSSR count). The van der Waals surface area contributed by atoms with Crippen LogP contribution in [0.15, 0.2) is 66.7 Å². The Morgan fingerprint density at radius 3 is 2.33 bits per heavy atom. The number of carbonyl (C=O) groups is 1. The molecule has 0 saturated heterocycles. The van der Waals surface area contributed by atoms with E-state index in [0.717, 1.165) is 11.1 Å². The second-order valence-corrected chi connectivity index (χ2v) is 10.2. The zero-order chi connectivity index (χ0) is 26.0. The van der Waals surface area contributed by atoms with Gasteiger partial charge in [-0.3, -0.25) is 8.51 Å². The summed E-state index contributed by atoms with van der Waals surface area (Å²) in [6.45, 7) is 8.28. The zero-order valence-electron chi connectivity index (χ0n) is 21.0. The summed E-state index contributed by atoms with van der Waals surface area (Å²) in [6, 6.07) is 20.0. The summed E-state index contributed by atoms with van der Waals surface area (Å²) in [5.74, 6) is 0.143. The fourth-order valence-electron chi connectivity index (χ4n) is 4.16. The summed E-state index contributed by atoms with van der Waals surface area (Å²) in [6.07, 6.45) is 0. The minimum Gasteiger partial charge on any atom is -0.755 e. The third-order valence-corrected chi connectivity index (χ3v) is 6.69. The molecule has 8 heteroatoms. The molecule has 7 nitrogen and oxygen atoms in total. The summed E-state index contributed by atoms with van der Waals surface area (Å²) in [5.41, 5.74) is 4.33. The number of aromatic nitrogens is 1. The fraction of sp³-hybridized carbons (Fsp3) is 0.250. The van der Waals surface area contributed by atoms with Gasteiger partial charge in [0.25, 0.3) is 0 Å². The van der Waals surface area contributed by atoms with E-state index in [2.05, 4.69) is 25.8 Å². The number of carbonyl (C=O) groups excluding carboxylic acids is 1. The van der Waals surface area contributed by atoms with E-state index in [1.807, 2.05) is 36.4 Å². The van der Waals surface area contributed by atoms with Gasteiger partial charge in [-0.05, 0) is 65.9 Å². The van der Waals surface area contributed by atoms with Crippen LogP contribution in [-0.4, -0.2) is 33.4 Å². The molecule has 0 aliphatic heterocycles. The third kappa shape index (κ3) is 5.01. The average Bonchev–Trinajstić information content (AvgIpc) is 3.23. The van der Waals surface area contributed by atoms with Crippen LogP contribution >= 0.6 is 0 Å². The molecule has 1 atom stereocenters. The molecule has 0 amide bonds. The Hall–Kier alpha value is -3.62. The zero-order valence-corrected chi connectivity index (χ0v) is 21.8. The van der Waals surface area contributed by atoms with Crippen LogP contribution in [0.2, 0.25) is 0 Å². The van der Waals surface area contributed by atoms with Gasteiger partial charge in [0.1, 0.15) is 11.4 Å². The second kappa shape index (κ2) is 10.2. The molecule has 4 aromatic rings. The fourth-order valence-corrected chi connectivity index (χ4v) is 4.74. The number of anilines is 2. The first kappa shape index (κ1) is 25.5. The van der Waals surface area contributed by atoms with E-state index in [9.17, 15) is 13.6 Å². The van der Waals surface area contributed by atoms with Crippen molar-refractivity contribution in [1.29, 1.82) is 0 Å². The van der Waals surface area contributed by atoms with Gasteiger partial charge in [-0.2, -0.15) is 0 Å². The number of ether oxygens (including phenoxy) is 2. The molecule has 0 saturated carbocycles. The summed E-state index contributed by atoms with van der Waals surface area (Å²) in [5, 5.41) is 0.686. The topological polar surface area (TPSA) is 94.7 Å². The lowest BCUT2D eigenvalue weighted by Gasteiger charge is -2.28.